The molecule has 9 heterocycles. The Labute approximate surface area is 755 Å². The van der Waals surface area contributed by atoms with Gasteiger partial charge in [0.1, 0.15) is 52.4 Å². The number of amides is 3. The fraction of sp³-hybridized carbons (Fsp3) is 0.394. The van der Waals surface area contributed by atoms with Crippen LogP contribution in [0.1, 0.15) is 191 Å². The Morgan fingerprint density at radius 2 is 0.797 bits per heavy atom. The molecule has 123 heavy (non-hydrogen) atoms. The van der Waals surface area contributed by atoms with Crippen LogP contribution < -0.4 is 30.7 Å². The number of carbonyl (C=O) groups excluding carboxylic acids is 3. The molecule has 0 spiro atoms. The number of carbonyl (C=O) groups is 3. The Balaban J connectivity index is 0.000000161. The summed E-state index contributed by atoms with van der Waals surface area (Å²) in [4.78, 5) is 63.5. The van der Waals surface area contributed by atoms with Crippen molar-refractivity contribution in [1.82, 2.24) is 30.7 Å². The van der Waals surface area contributed by atoms with Crippen molar-refractivity contribution in [2.24, 2.45) is 32.7 Å². The Morgan fingerprint density at radius 1 is 0.407 bits per heavy atom. The maximum Gasteiger partial charge on any atom is 0.257 e. The number of hydrogen-bond acceptors (Lipinski definition) is 15. The van der Waals surface area contributed by atoms with Crippen molar-refractivity contribution in [1.29, 1.82) is 0 Å². The molecule has 0 aliphatic carbocycles. The standard InChI is InChI=1S/3C33H36F2N4O2/c3*1-38-8-10-39(11-9-38)29-4-5-30(26(19-29)15-22-6-12-41-13-7-22)33(40)37-32-31-18-23(2-3-25(31)21-36-32)14-24-16-27(34)20-28(35)17-24/h3*2-5,16-20,22H,6-15,21H2,1H3,(H,36,37,40)/i8D2,9D2,10D2,11D2,12D2,13D2,20D;4D,12D2,13D2,19D,20D;1D3,4D,14D2,19D,20D. The highest BCUT2D eigenvalue weighted by atomic mass is 19.2. The SMILES string of the molecule is [2H]c1c(F)cc(Cc2ccc3c(c2)C(NC(=O)c2ccc(N4C([2H])([2H])C([2H])([2H])N(C)C([2H])([2H])C4([2H])[2H])cc2CC2CC([2H])([2H])OC([2H])([2H])C2)=NC3)cc1F.[2H]c1cc(C(=O)NC2=NCc3ccc(C([2H])([2H])c4cc(F)c([2H])c(F)c4)cc32)c(CC2CCOCC2)c([2H])c1N1CCN(C([2H])([2H])[2H])CC1.[2H]c1cc(C(=O)NC2=NCc3ccc(Cc4cc(F)c([2H])c(F)c4)cc32)c(CC2CC([2H])([2H])OC([2H])([2H])C2)c([2H])c1N1CCN(C)CC1. The van der Waals surface area contributed by atoms with E-state index in [1.54, 1.807) is 30.3 Å². The Bertz CT molecular complexity index is 6800. The summed E-state index contributed by atoms with van der Waals surface area (Å²) >= 11 is 0. The van der Waals surface area contributed by atoms with E-state index in [1.165, 1.54) is 41.3 Å². The van der Waals surface area contributed by atoms with E-state index in [2.05, 4.69) is 35.8 Å². The summed E-state index contributed by atoms with van der Waals surface area (Å²) in [6, 6.07) is 25.0. The summed E-state index contributed by atoms with van der Waals surface area (Å²) in [5, 5.41) is 8.41. The van der Waals surface area contributed by atoms with Crippen molar-refractivity contribution in [3.05, 3.63) is 299 Å². The monoisotopic (exact) mass is 1700 g/mol. The van der Waals surface area contributed by atoms with Crippen LogP contribution in [-0.2, 0) is 72.3 Å². The molecule has 642 valence electrons. The number of piperazine rings is 3. The Kier molecular flexibility index (Phi) is 18.6. The highest BCUT2D eigenvalue weighted by molar-refractivity contribution is 6.16. The van der Waals surface area contributed by atoms with Gasteiger partial charge in [0.2, 0.25) is 0 Å². The third-order valence-electron chi connectivity index (χ3n) is 22.4. The van der Waals surface area contributed by atoms with E-state index in [0.717, 1.165) is 86.6 Å². The molecule has 18 rings (SSSR count). The zero-order chi connectivity index (χ0) is 110. The van der Waals surface area contributed by atoms with E-state index in [9.17, 15) is 43.5 Å². The minimum absolute atomic E-state index is 0.00491. The van der Waals surface area contributed by atoms with Crippen LogP contribution >= 0.6 is 0 Å². The van der Waals surface area contributed by atoms with E-state index in [1.807, 2.05) is 29.0 Å². The third-order valence-corrected chi connectivity index (χ3v) is 22.4. The lowest BCUT2D eigenvalue weighted by molar-refractivity contribution is 0.0663. The van der Waals surface area contributed by atoms with Crippen LogP contribution in [0.2, 0.25) is 0 Å². The number of ether oxygens (including phenoxy) is 3. The maximum absolute atomic E-state index is 14.2. The number of nitrogens with zero attached hydrogens (tertiary/aromatic N) is 9. The second kappa shape index (κ2) is 39.8. The van der Waals surface area contributed by atoms with E-state index in [0.29, 0.717) is 117 Å². The third kappa shape index (κ3) is 22.2. The molecule has 0 bridgehead atoms. The molecule has 0 aromatic heterocycles. The highest BCUT2D eigenvalue weighted by Gasteiger charge is 2.31. The molecule has 9 aliphatic heterocycles. The topological polar surface area (TPSA) is 172 Å². The Hall–Kier alpha value is -10.9. The van der Waals surface area contributed by atoms with Crippen molar-refractivity contribution >= 4 is 52.3 Å². The first-order valence-electron chi connectivity index (χ1n) is 54.7. The van der Waals surface area contributed by atoms with Crippen LogP contribution in [0.25, 0.3) is 0 Å². The van der Waals surface area contributed by atoms with Gasteiger partial charge in [-0.25, -0.2) is 26.3 Å². The van der Waals surface area contributed by atoms with Crippen LogP contribution in [0.15, 0.2) is 179 Å². The summed E-state index contributed by atoms with van der Waals surface area (Å²) in [5.74, 6) is -8.85. The largest absolute Gasteiger partial charge is 0.381 e. The van der Waals surface area contributed by atoms with Crippen LogP contribution in [0.3, 0.4) is 0 Å². The van der Waals surface area contributed by atoms with Gasteiger partial charge >= 0.3 is 0 Å². The molecule has 0 saturated carbocycles. The van der Waals surface area contributed by atoms with Crippen molar-refractivity contribution in [3.63, 3.8) is 0 Å². The molecule has 9 aliphatic rings. The van der Waals surface area contributed by atoms with Crippen LogP contribution in [-0.4, -0.2) is 189 Å². The number of halogens is 6. The van der Waals surface area contributed by atoms with Gasteiger partial charge in [0.15, 0.2) is 0 Å². The molecule has 9 aromatic carbocycles. The molecule has 0 atom stereocenters. The van der Waals surface area contributed by atoms with Gasteiger partial charge in [0, 0.05) is 199 Å². The molecular formula is C99H108F6N12O6. The molecule has 0 unspecified atom stereocenters. The highest BCUT2D eigenvalue weighted by Crippen LogP contribution is 2.34. The molecule has 9 aromatic rings. The van der Waals surface area contributed by atoms with E-state index >= 15 is 0 Å². The van der Waals surface area contributed by atoms with Crippen molar-refractivity contribution in [2.75, 3.05) is 154 Å². The van der Waals surface area contributed by atoms with Gasteiger partial charge in [-0.1, -0.05) is 36.4 Å². The number of amidine groups is 3. The van der Waals surface area contributed by atoms with E-state index in [4.69, 9.17) is 49.9 Å². The fourth-order valence-corrected chi connectivity index (χ4v) is 15.8. The molecule has 18 nitrogen and oxygen atoms in total. The average molecular weight is 1700 g/mol. The maximum atomic E-state index is 14.2. The lowest BCUT2D eigenvalue weighted by Crippen LogP contribution is -2.44. The number of anilines is 3. The predicted octanol–water partition coefficient (Wildman–Crippen LogP) is 14.9. The van der Waals surface area contributed by atoms with Crippen LogP contribution in [0, 0.1) is 52.7 Å². The quantitative estimate of drug-likeness (QED) is 0.0696. The zero-order valence-corrected chi connectivity index (χ0v) is 67.5. The molecular weight excluding hydrogens is 1570 g/mol. The van der Waals surface area contributed by atoms with Gasteiger partial charge in [0.05, 0.1) is 45.7 Å². The molecule has 24 heteroatoms. The first-order chi connectivity index (χ1) is 70.5. The number of nitrogens with one attached hydrogen (secondary N) is 3. The normalized spacial score (nSPS) is 24.7. The summed E-state index contributed by atoms with van der Waals surface area (Å²) in [7, 11) is 2.93. The summed E-state index contributed by atoms with van der Waals surface area (Å²) in [5.41, 5.74) is 6.97. The number of likely N-dealkylation sites (N-methyl/N-ethyl adjacent to an activating group) is 3. The summed E-state index contributed by atoms with van der Waals surface area (Å²) < 4.78 is 333. The van der Waals surface area contributed by atoms with E-state index in [-0.39, 0.29) is 176 Å². The van der Waals surface area contributed by atoms with E-state index < -0.39 is 148 Å². The van der Waals surface area contributed by atoms with Gasteiger partial charge in [-0.05, 0) is 292 Å². The average Bonchev–Trinajstić information content (AvgIpc) is 1.08. The number of aliphatic imine (C=N–C) groups is 3. The minimum atomic E-state index is -3.17. The number of fused-ring (bicyclic) bond motifs is 3. The summed E-state index contributed by atoms with van der Waals surface area (Å²) in [6.07, 6.45) is -1.15. The fourth-order valence-electron chi connectivity index (χ4n) is 15.8. The predicted molar refractivity (Wildman–Crippen MR) is 470 cm³/mol. The summed E-state index contributed by atoms with van der Waals surface area (Å²) in [6.45, 7) is -18.4. The molecule has 6 saturated heterocycles. The minimum Gasteiger partial charge on any atom is -0.381 e. The second-order valence-corrected chi connectivity index (χ2v) is 31.4. The van der Waals surface area contributed by atoms with Gasteiger partial charge in [0.25, 0.3) is 17.7 Å². The molecule has 3 N–H and O–H groups in total. The molecule has 0 radical (unpaired) electrons. The number of rotatable bonds is 18. The molecule has 3 amide bonds. The number of benzene rings is 9. The van der Waals surface area contributed by atoms with Crippen LogP contribution in [0.5, 0.6) is 0 Å². The van der Waals surface area contributed by atoms with Crippen molar-refractivity contribution < 1.29 is 93.3 Å². The van der Waals surface area contributed by atoms with Gasteiger partial charge in [-0.3, -0.25) is 29.4 Å². The zero-order valence-electron chi connectivity index (χ0n) is 95.5. The number of hydrogen-bond donors (Lipinski definition) is 3. The first-order valence-corrected chi connectivity index (χ1v) is 40.7. The van der Waals surface area contributed by atoms with Gasteiger partial charge in [-0.15, -0.1) is 0 Å². The molecule has 6 fully saturated rings. The smallest absolute Gasteiger partial charge is 0.257 e. The lowest BCUT2D eigenvalue weighted by atomic mass is 9.89. The van der Waals surface area contributed by atoms with Crippen molar-refractivity contribution in [3.8, 4) is 0 Å². The lowest BCUT2D eigenvalue weighted by Gasteiger charge is -2.34. The Morgan fingerprint density at radius 3 is 1.24 bits per heavy atom. The first kappa shape index (κ1) is 57.6. The van der Waals surface area contributed by atoms with Gasteiger partial charge < -0.3 is 59.6 Å². The van der Waals surface area contributed by atoms with Crippen molar-refractivity contribution in [2.45, 2.75) is 96.6 Å². The second-order valence-electron chi connectivity index (χ2n) is 31.4. The van der Waals surface area contributed by atoms with Crippen LogP contribution in [0.4, 0.5) is 43.4 Å². The van der Waals surface area contributed by atoms with Gasteiger partial charge in [-0.2, -0.15) is 0 Å².